The van der Waals surface area contributed by atoms with Crippen LogP contribution in [-0.4, -0.2) is 70.9 Å². The number of nitrogens with zero attached hydrogens (tertiary/aromatic N) is 2. The van der Waals surface area contributed by atoms with Crippen LogP contribution in [0.5, 0.6) is 0 Å². The highest BCUT2D eigenvalue weighted by Crippen LogP contribution is 2.41. The van der Waals surface area contributed by atoms with E-state index in [1.54, 1.807) is 12.3 Å². The van der Waals surface area contributed by atoms with Crippen molar-refractivity contribution in [3.05, 3.63) is 83.7 Å². The van der Waals surface area contributed by atoms with Crippen LogP contribution >= 0.6 is 0 Å². The number of aliphatic hydroxyl groups is 1. The number of rotatable bonds is 17. The fourth-order valence-electron chi connectivity index (χ4n) is 5.46. The SMILES string of the molecule is CC(C)(C)C(c1cc(-c2cc(F)ccc2F)cn1Cc1ccccc1)N(CCC(N)C(=O)NCCNC(=O)CCCC=O)C(=O)CO. The molecular weight excluding hydrogens is 608 g/mol. The van der Waals surface area contributed by atoms with Gasteiger partial charge in [0, 0.05) is 62.0 Å². The van der Waals surface area contributed by atoms with E-state index in [-0.39, 0.29) is 43.9 Å². The summed E-state index contributed by atoms with van der Waals surface area (Å²) in [7, 11) is 0. The predicted molar refractivity (Wildman–Crippen MR) is 175 cm³/mol. The molecule has 3 amide bonds. The summed E-state index contributed by atoms with van der Waals surface area (Å²) in [6.45, 7) is 5.71. The highest BCUT2D eigenvalue weighted by Gasteiger charge is 2.37. The van der Waals surface area contributed by atoms with Gasteiger partial charge in [0.05, 0.1) is 12.1 Å². The van der Waals surface area contributed by atoms with E-state index in [0.717, 1.165) is 30.0 Å². The lowest BCUT2D eigenvalue weighted by molar-refractivity contribution is -0.140. The molecule has 5 N–H and O–H groups in total. The largest absolute Gasteiger partial charge is 0.387 e. The number of aliphatic hydroxyl groups excluding tert-OH is 1. The number of nitrogens with two attached hydrogens (primary N) is 1. The molecule has 1 heterocycles. The maximum absolute atomic E-state index is 14.9. The molecule has 1 aromatic heterocycles. The number of hydrogen-bond acceptors (Lipinski definition) is 6. The van der Waals surface area contributed by atoms with E-state index < -0.39 is 47.6 Å². The molecule has 2 unspecified atom stereocenters. The van der Waals surface area contributed by atoms with E-state index in [1.807, 2.05) is 55.7 Å². The second-order valence-electron chi connectivity index (χ2n) is 12.5. The average Bonchev–Trinajstić information content (AvgIpc) is 3.43. The summed E-state index contributed by atoms with van der Waals surface area (Å²) in [4.78, 5) is 49.8. The Balaban J connectivity index is 1.86. The van der Waals surface area contributed by atoms with Crippen LogP contribution in [-0.2, 0) is 25.7 Å². The molecule has 0 aliphatic rings. The number of unbranched alkanes of at least 4 members (excludes halogenated alkanes) is 1. The summed E-state index contributed by atoms with van der Waals surface area (Å²) in [5.74, 6) is -2.47. The zero-order chi connectivity index (χ0) is 34.6. The monoisotopic (exact) mass is 653 g/mol. The fourth-order valence-corrected chi connectivity index (χ4v) is 5.46. The van der Waals surface area contributed by atoms with E-state index in [2.05, 4.69) is 10.6 Å². The minimum Gasteiger partial charge on any atom is -0.387 e. The molecular formula is C35H45F2N5O5. The first-order valence-corrected chi connectivity index (χ1v) is 15.7. The Hall–Kier alpha value is -4.42. The van der Waals surface area contributed by atoms with E-state index in [9.17, 15) is 33.1 Å². The molecule has 0 fully saturated rings. The van der Waals surface area contributed by atoms with Crippen LogP contribution in [0.25, 0.3) is 11.1 Å². The lowest BCUT2D eigenvalue weighted by Crippen LogP contribution is -2.48. The van der Waals surface area contributed by atoms with E-state index in [0.29, 0.717) is 30.6 Å². The topological polar surface area (TPSA) is 147 Å². The first-order valence-electron chi connectivity index (χ1n) is 15.7. The second-order valence-corrected chi connectivity index (χ2v) is 12.5. The third-order valence-corrected chi connectivity index (χ3v) is 7.72. The molecule has 3 rings (SSSR count). The number of nitrogens with one attached hydrogen (secondary N) is 2. The van der Waals surface area contributed by atoms with Gasteiger partial charge in [-0.3, -0.25) is 14.4 Å². The van der Waals surface area contributed by atoms with Crippen LogP contribution < -0.4 is 16.4 Å². The lowest BCUT2D eigenvalue weighted by Gasteiger charge is -2.41. The van der Waals surface area contributed by atoms with Gasteiger partial charge in [-0.25, -0.2) is 8.78 Å². The Labute approximate surface area is 274 Å². The normalized spacial score (nSPS) is 12.7. The number of carbonyl (C=O) groups excluding carboxylic acids is 4. The van der Waals surface area contributed by atoms with Gasteiger partial charge >= 0.3 is 0 Å². The summed E-state index contributed by atoms with van der Waals surface area (Å²) < 4.78 is 31.1. The summed E-state index contributed by atoms with van der Waals surface area (Å²) in [6.07, 6.45) is 3.50. The second kappa shape index (κ2) is 17.5. The molecule has 0 saturated heterocycles. The summed E-state index contributed by atoms with van der Waals surface area (Å²) in [5, 5.41) is 15.3. The highest BCUT2D eigenvalue weighted by molar-refractivity contribution is 5.82. The van der Waals surface area contributed by atoms with Crippen molar-refractivity contribution in [3.8, 4) is 11.1 Å². The first-order chi connectivity index (χ1) is 22.3. The maximum atomic E-state index is 14.9. The van der Waals surface area contributed by atoms with Crippen LogP contribution in [0.4, 0.5) is 8.78 Å². The minimum atomic E-state index is -0.999. The van der Waals surface area contributed by atoms with Crippen molar-refractivity contribution in [1.29, 1.82) is 0 Å². The molecule has 2 aromatic carbocycles. The first kappa shape index (κ1) is 37.0. The van der Waals surface area contributed by atoms with Gasteiger partial charge in [0.25, 0.3) is 0 Å². The third kappa shape index (κ3) is 10.8. The van der Waals surface area contributed by atoms with Gasteiger partial charge in [0.2, 0.25) is 17.7 Å². The molecule has 12 heteroatoms. The van der Waals surface area contributed by atoms with Crippen LogP contribution in [0.2, 0.25) is 0 Å². The predicted octanol–water partition coefficient (Wildman–Crippen LogP) is 3.71. The summed E-state index contributed by atoms with van der Waals surface area (Å²) in [5.41, 5.74) is 7.65. The highest BCUT2D eigenvalue weighted by atomic mass is 19.1. The number of aromatic nitrogens is 1. The summed E-state index contributed by atoms with van der Waals surface area (Å²) >= 11 is 0. The number of amides is 3. The Morgan fingerprint density at radius 1 is 1.04 bits per heavy atom. The zero-order valence-corrected chi connectivity index (χ0v) is 27.2. The molecule has 2 atom stereocenters. The molecule has 0 aliphatic heterocycles. The van der Waals surface area contributed by atoms with Gasteiger partial charge in [-0.15, -0.1) is 0 Å². The van der Waals surface area contributed by atoms with Crippen molar-refractivity contribution < 1.29 is 33.1 Å². The number of halogens is 2. The quantitative estimate of drug-likeness (QED) is 0.129. The molecule has 0 bridgehead atoms. The molecule has 0 radical (unpaired) electrons. The summed E-state index contributed by atoms with van der Waals surface area (Å²) in [6, 6.07) is 12.9. The van der Waals surface area contributed by atoms with Crippen molar-refractivity contribution in [2.75, 3.05) is 26.2 Å². The molecule has 0 spiro atoms. The van der Waals surface area contributed by atoms with Gasteiger partial charge in [-0.2, -0.15) is 0 Å². The van der Waals surface area contributed by atoms with Gasteiger partial charge in [-0.1, -0.05) is 51.1 Å². The third-order valence-electron chi connectivity index (χ3n) is 7.72. The maximum Gasteiger partial charge on any atom is 0.248 e. The van der Waals surface area contributed by atoms with Crippen molar-refractivity contribution >= 4 is 24.0 Å². The molecule has 254 valence electrons. The minimum absolute atomic E-state index is 0.0174. The number of carbonyl (C=O) groups is 4. The molecule has 0 saturated carbocycles. The van der Waals surface area contributed by atoms with Crippen molar-refractivity contribution in [2.45, 2.75) is 65.1 Å². The van der Waals surface area contributed by atoms with E-state index in [1.165, 1.54) is 4.90 Å². The Morgan fingerprint density at radius 2 is 1.74 bits per heavy atom. The number of benzene rings is 2. The Morgan fingerprint density at radius 3 is 2.40 bits per heavy atom. The molecule has 10 nitrogen and oxygen atoms in total. The van der Waals surface area contributed by atoms with Gasteiger partial charge in [0.1, 0.15) is 24.5 Å². The van der Waals surface area contributed by atoms with Crippen molar-refractivity contribution in [2.24, 2.45) is 11.1 Å². The standard InChI is InChI=1S/C35H45F2N5O5/c1-35(2,3)33(42(32(46)23-44)17-14-29(38)34(47)40-16-15-39-31(45)11-7-8-18-43)30-19-25(27-20-26(36)12-13-28(27)37)22-41(30)21-24-9-5-4-6-10-24/h4-6,9-10,12-13,18-20,22,29,33,44H,7-8,11,14-17,21,23,38H2,1-3H3,(H,39,45)(H,40,47). The van der Waals surface area contributed by atoms with E-state index >= 15 is 0 Å². The molecule has 3 aromatic rings. The van der Waals surface area contributed by atoms with E-state index in [4.69, 9.17) is 5.73 Å². The Bertz CT molecular complexity index is 1510. The van der Waals surface area contributed by atoms with Crippen LogP contribution in [0.1, 0.15) is 63.8 Å². The van der Waals surface area contributed by atoms with Gasteiger partial charge in [0.15, 0.2) is 0 Å². The molecule has 0 aliphatic carbocycles. The fraction of sp³-hybridized carbons (Fsp3) is 0.429. The number of hydrogen-bond donors (Lipinski definition) is 4. The van der Waals surface area contributed by atoms with Crippen LogP contribution in [0, 0.1) is 17.0 Å². The average molecular weight is 654 g/mol. The van der Waals surface area contributed by atoms with Gasteiger partial charge in [-0.05, 0) is 48.1 Å². The van der Waals surface area contributed by atoms with Crippen LogP contribution in [0.3, 0.4) is 0 Å². The zero-order valence-electron chi connectivity index (χ0n) is 27.2. The Kier molecular flexibility index (Phi) is 13.8. The molecule has 47 heavy (non-hydrogen) atoms. The smallest absolute Gasteiger partial charge is 0.248 e. The van der Waals surface area contributed by atoms with Crippen LogP contribution in [0.15, 0.2) is 60.8 Å². The van der Waals surface area contributed by atoms with Gasteiger partial charge < -0.3 is 35.7 Å². The lowest BCUT2D eigenvalue weighted by atomic mass is 9.82. The van der Waals surface area contributed by atoms with Crippen molar-refractivity contribution in [1.82, 2.24) is 20.1 Å². The van der Waals surface area contributed by atoms with Crippen molar-refractivity contribution in [3.63, 3.8) is 0 Å². The number of aldehydes is 1.